The Hall–Kier alpha value is -1.10. The molecule has 1 N–H and O–H groups in total. The van der Waals surface area contributed by atoms with Gasteiger partial charge in [0.2, 0.25) is 5.89 Å². The van der Waals surface area contributed by atoms with E-state index in [0.717, 1.165) is 44.4 Å². The highest BCUT2D eigenvalue weighted by atomic mass is 16.5. The van der Waals surface area contributed by atoms with Crippen molar-refractivity contribution in [2.75, 3.05) is 31.1 Å². The van der Waals surface area contributed by atoms with Crippen molar-refractivity contribution in [1.29, 1.82) is 0 Å². The highest BCUT2D eigenvalue weighted by molar-refractivity contribution is 5.27. The predicted octanol–water partition coefficient (Wildman–Crippen LogP) is 1.21. The van der Waals surface area contributed by atoms with Gasteiger partial charge in [-0.25, -0.2) is 0 Å². The standard InChI is InChI=1S/C11H20N4O/c1-2-12-7-6-10-13-11(14-16-10)15-8-4-3-5-9-15/h12H,2-9H2,1H3. The van der Waals surface area contributed by atoms with Gasteiger partial charge in [-0.1, -0.05) is 6.92 Å². The van der Waals surface area contributed by atoms with Gasteiger partial charge in [0.1, 0.15) is 0 Å². The molecule has 0 atom stereocenters. The van der Waals surface area contributed by atoms with E-state index in [1.54, 1.807) is 0 Å². The van der Waals surface area contributed by atoms with Crippen LogP contribution in [0.2, 0.25) is 0 Å². The van der Waals surface area contributed by atoms with Crippen LogP contribution < -0.4 is 10.2 Å². The number of aromatic nitrogens is 2. The number of likely N-dealkylation sites (N-methyl/N-ethyl adjacent to an activating group) is 1. The highest BCUT2D eigenvalue weighted by Crippen LogP contribution is 2.16. The molecule has 2 rings (SSSR count). The first kappa shape index (κ1) is 11.4. The topological polar surface area (TPSA) is 54.2 Å². The van der Waals surface area contributed by atoms with E-state index in [0.29, 0.717) is 0 Å². The van der Waals surface area contributed by atoms with Crippen LogP contribution in [0.15, 0.2) is 4.52 Å². The molecule has 16 heavy (non-hydrogen) atoms. The van der Waals surface area contributed by atoms with Crippen molar-refractivity contribution in [2.45, 2.75) is 32.6 Å². The quantitative estimate of drug-likeness (QED) is 0.762. The molecule has 5 nitrogen and oxygen atoms in total. The monoisotopic (exact) mass is 224 g/mol. The minimum Gasteiger partial charge on any atom is -0.338 e. The summed E-state index contributed by atoms with van der Waals surface area (Å²) in [5, 5.41) is 7.27. The summed E-state index contributed by atoms with van der Waals surface area (Å²) in [6.45, 7) is 6.09. The summed E-state index contributed by atoms with van der Waals surface area (Å²) < 4.78 is 5.22. The Morgan fingerprint density at radius 2 is 2.12 bits per heavy atom. The molecular weight excluding hydrogens is 204 g/mol. The number of anilines is 1. The molecule has 1 aromatic heterocycles. The Morgan fingerprint density at radius 1 is 1.31 bits per heavy atom. The van der Waals surface area contributed by atoms with E-state index in [9.17, 15) is 0 Å². The average molecular weight is 224 g/mol. The Balaban J connectivity index is 1.85. The zero-order valence-corrected chi connectivity index (χ0v) is 9.91. The first-order valence-corrected chi connectivity index (χ1v) is 6.18. The van der Waals surface area contributed by atoms with E-state index >= 15 is 0 Å². The second-order valence-electron chi connectivity index (χ2n) is 4.14. The minimum atomic E-state index is 0.738. The number of nitrogens with one attached hydrogen (secondary N) is 1. The van der Waals surface area contributed by atoms with Crippen molar-refractivity contribution in [3.8, 4) is 0 Å². The van der Waals surface area contributed by atoms with E-state index in [2.05, 4.69) is 27.3 Å². The minimum absolute atomic E-state index is 0.738. The van der Waals surface area contributed by atoms with E-state index in [4.69, 9.17) is 4.52 Å². The van der Waals surface area contributed by atoms with Crippen LogP contribution in [0.4, 0.5) is 5.95 Å². The smallest absolute Gasteiger partial charge is 0.266 e. The lowest BCUT2D eigenvalue weighted by Crippen LogP contribution is -2.30. The van der Waals surface area contributed by atoms with Gasteiger partial charge in [0.25, 0.3) is 5.95 Å². The molecule has 1 aliphatic heterocycles. The fourth-order valence-electron chi connectivity index (χ4n) is 1.94. The molecule has 1 aromatic rings. The summed E-state index contributed by atoms with van der Waals surface area (Å²) in [6.07, 6.45) is 4.61. The lowest BCUT2D eigenvalue weighted by molar-refractivity contribution is 0.374. The maximum atomic E-state index is 5.22. The number of hydrogen-bond acceptors (Lipinski definition) is 5. The molecule has 0 spiro atoms. The van der Waals surface area contributed by atoms with Crippen molar-refractivity contribution in [2.24, 2.45) is 0 Å². The third-order valence-electron chi connectivity index (χ3n) is 2.86. The first-order chi connectivity index (χ1) is 7.90. The van der Waals surface area contributed by atoms with E-state index < -0.39 is 0 Å². The molecule has 2 heterocycles. The van der Waals surface area contributed by atoms with Gasteiger partial charge in [0, 0.05) is 26.1 Å². The Morgan fingerprint density at radius 3 is 2.88 bits per heavy atom. The lowest BCUT2D eigenvalue weighted by atomic mass is 10.1. The Labute approximate surface area is 96.2 Å². The van der Waals surface area contributed by atoms with Gasteiger partial charge in [0.15, 0.2) is 0 Å². The van der Waals surface area contributed by atoms with E-state index in [-0.39, 0.29) is 0 Å². The Bertz CT molecular complexity index is 307. The van der Waals surface area contributed by atoms with Crippen molar-refractivity contribution >= 4 is 5.95 Å². The van der Waals surface area contributed by atoms with E-state index in [1.165, 1.54) is 19.3 Å². The molecule has 0 aliphatic carbocycles. The molecule has 90 valence electrons. The van der Waals surface area contributed by atoms with E-state index in [1.807, 2.05) is 0 Å². The molecule has 1 fully saturated rings. The maximum absolute atomic E-state index is 5.22. The van der Waals surface area contributed by atoms with Crippen LogP contribution >= 0.6 is 0 Å². The number of hydrogen-bond donors (Lipinski definition) is 1. The summed E-state index contributed by atoms with van der Waals surface area (Å²) in [7, 11) is 0. The second kappa shape index (κ2) is 5.84. The van der Waals surface area contributed by atoms with Gasteiger partial charge in [-0.15, -0.1) is 0 Å². The summed E-state index contributed by atoms with van der Waals surface area (Å²) in [4.78, 5) is 6.63. The predicted molar refractivity (Wildman–Crippen MR) is 62.6 cm³/mol. The molecule has 0 bridgehead atoms. The normalized spacial score (nSPS) is 16.7. The van der Waals surface area contributed by atoms with Gasteiger partial charge >= 0.3 is 0 Å². The van der Waals surface area contributed by atoms with Gasteiger partial charge in [0.05, 0.1) is 0 Å². The molecule has 1 saturated heterocycles. The number of nitrogens with zero attached hydrogens (tertiary/aromatic N) is 3. The average Bonchev–Trinajstić information content (AvgIpc) is 2.79. The molecule has 0 aromatic carbocycles. The third kappa shape index (κ3) is 2.95. The third-order valence-corrected chi connectivity index (χ3v) is 2.86. The molecule has 0 radical (unpaired) electrons. The summed E-state index contributed by atoms with van der Waals surface area (Å²) in [5.74, 6) is 1.51. The summed E-state index contributed by atoms with van der Waals surface area (Å²) in [5.41, 5.74) is 0. The summed E-state index contributed by atoms with van der Waals surface area (Å²) >= 11 is 0. The van der Waals surface area contributed by atoms with Crippen LogP contribution in [0.1, 0.15) is 32.1 Å². The fourth-order valence-corrected chi connectivity index (χ4v) is 1.94. The molecule has 0 saturated carbocycles. The van der Waals surface area contributed by atoms with Crippen LogP contribution in [-0.2, 0) is 6.42 Å². The van der Waals surface area contributed by atoms with Gasteiger partial charge in [-0.2, -0.15) is 4.98 Å². The zero-order valence-electron chi connectivity index (χ0n) is 9.91. The highest BCUT2D eigenvalue weighted by Gasteiger charge is 2.16. The summed E-state index contributed by atoms with van der Waals surface area (Å²) in [6, 6.07) is 0. The lowest BCUT2D eigenvalue weighted by Gasteiger charge is -2.24. The van der Waals surface area contributed by atoms with Crippen LogP contribution in [0.25, 0.3) is 0 Å². The maximum Gasteiger partial charge on any atom is 0.266 e. The van der Waals surface area contributed by atoms with Crippen molar-refractivity contribution in [1.82, 2.24) is 15.5 Å². The van der Waals surface area contributed by atoms with Gasteiger partial charge in [-0.3, -0.25) is 0 Å². The SMILES string of the molecule is CCNCCc1nc(N2CCCCC2)no1. The number of rotatable bonds is 5. The molecular formula is C11H20N4O. The van der Waals surface area contributed by atoms with Crippen LogP contribution in [0.3, 0.4) is 0 Å². The molecule has 1 aliphatic rings. The van der Waals surface area contributed by atoms with Crippen LogP contribution in [0, 0.1) is 0 Å². The second-order valence-corrected chi connectivity index (χ2v) is 4.14. The van der Waals surface area contributed by atoms with Gasteiger partial charge in [-0.05, 0) is 31.0 Å². The molecule has 0 unspecified atom stereocenters. The first-order valence-electron chi connectivity index (χ1n) is 6.18. The molecule has 0 amide bonds. The van der Waals surface area contributed by atoms with Crippen molar-refractivity contribution < 1.29 is 4.52 Å². The largest absolute Gasteiger partial charge is 0.338 e. The zero-order chi connectivity index (χ0) is 11.2. The van der Waals surface area contributed by atoms with Crippen LogP contribution in [-0.4, -0.2) is 36.3 Å². The Kier molecular flexibility index (Phi) is 4.16. The van der Waals surface area contributed by atoms with Crippen LogP contribution in [0.5, 0.6) is 0 Å². The van der Waals surface area contributed by atoms with Crippen molar-refractivity contribution in [3.63, 3.8) is 0 Å². The number of piperidine rings is 1. The fraction of sp³-hybridized carbons (Fsp3) is 0.818. The van der Waals surface area contributed by atoms with Crippen molar-refractivity contribution in [3.05, 3.63) is 5.89 Å². The molecule has 5 heteroatoms. The van der Waals surface area contributed by atoms with Gasteiger partial charge < -0.3 is 14.7 Å².